The Morgan fingerprint density at radius 1 is 1.14 bits per heavy atom. The van der Waals surface area contributed by atoms with Crippen LogP contribution < -0.4 is 5.32 Å². The molecule has 1 aliphatic rings. The Kier molecular flexibility index (Phi) is 5.90. The number of likely N-dealkylation sites (tertiary alicyclic amines) is 1. The number of aromatic nitrogens is 3. The van der Waals surface area contributed by atoms with Gasteiger partial charge in [-0.15, -0.1) is 10.2 Å². The first kappa shape index (κ1) is 18.9. The number of aliphatic hydroxyl groups is 1. The average Bonchev–Trinajstić information content (AvgIpc) is 3.18. The molecule has 2 aromatic heterocycles. The number of hydrogen-bond acceptors (Lipinski definition) is 7. The number of β-amino-alcohol motifs (C(OH)–C–C–N with tert-alkyl or cyclic N) is 1. The first-order chi connectivity index (χ1) is 13.7. The zero-order valence-corrected chi connectivity index (χ0v) is 16.2. The number of rotatable bonds is 6. The third kappa shape index (κ3) is 4.52. The van der Waals surface area contributed by atoms with Crippen molar-refractivity contribution in [2.75, 3.05) is 31.6 Å². The highest BCUT2D eigenvalue weighted by molar-refractivity contribution is 7.18. The predicted molar refractivity (Wildman–Crippen MR) is 108 cm³/mol. The standard InChI is InChI=1S/C20H22FN5OS/c21-17-3-1-15(2-4-17)19-24-25-20(28-19)23-18-13-16(5-8-22-18)14-6-9-26(10-7-14)11-12-27/h1-5,8,13-14,27H,6-7,9-12H2,(H,22,23,25). The molecule has 8 heteroatoms. The van der Waals surface area contributed by atoms with E-state index in [0.717, 1.165) is 48.9 Å². The highest BCUT2D eigenvalue weighted by Crippen LogP contribution is 2.31. The van der Waals surface area contributed by atoms with Crippen LogP contribution in [-0.2, 0) is 0 Å². The van der Waals surface area contributed by atoms with E-state index < -0.39 is 0 Å². The summed E-state index contributed by atoms with van der Waals surface area (Å²) in [5.41, 5.74) is 2.10. The summed E-state index contributed by atoms with van der Waals surface area (Å²) in [5.74, 6) is 0.981. The normalized spacial score (nSPS) is 15.6. The van der Waals surface area contributed by atoms with Crippen molar-refractivity contribution in [3.05, 3.63) is 54.0 Å². The quantitative estimate of drug-likeness (QED) is 0.659. The average molecular weight is 399 g/mol. The summed E-state index contributed by atoms with van der Waals surface area (Å²) >= 11 is 1.41. The zero-order valence-electron chi connectivity index (χ0n) is 15.4. The summed E-state index contributed by atoms with van der Waals surface area (Å²) < 4.78 is 13.1. The van der Waals surface area contributed by atoms with Crippen LogP contribution in [-0.4, -0.2) is 51.4 Å². The maximum atomic E-state index is 13.1. The molecule has 1 aromatic carbocycles. The SMILES string of the molecule is OCCN1CCC(c2ccnc(Nc3nnc(-c4ccc(F)cc4)s3)c2)CC1. The van der Waals surface area contributed by atoms with Crippen molar-refractivity contribution in [2.45, 2.75) is 18.8 Å². The highest BCUT2D eigenvalue weighted by Gasteiger charge is 2.20. The van der Waals surface area contributed by atoms with Gasteiger partial charge >= 0.3 is 0 Å². The minimum Gasteiger partial charge on any atom is -0.395 e. The lowest BCUT2D eigenvalue weighted by molar-refractivity contribution is 0.164. The van der Waals surface area contributed by atoms with E-state index in [1.807, 2.05) is 6.20 Å². The number of nitrogens with one attached hydrogen (secondary N) is 1. The van der Waals surface area contributed by atoms with Crippen molar-refractivity contribution in [3.63, 3.8) is 0 Å². The van der Waals surface area contributed by atoms with E-state index in [1.165, 1.54) is 29.0 Å². The van der Waals surface area contributed by atoms with Crippen LogP contribution in [0.2, 0.25) is 0 Å². The molecule has 1 saturated heterocycles. The number of benzene rings is 1. The Balaban J connectivity index is 1.42. The highest BCUT2D eigenvalue weighted by atomic mass is 32.1. The third-order valence-corrected chi connectivity index (χ3v) is 5.90. The second kappa shape index (κ2) is 8.72. The van der Waals surface area contributed by atoms with E-state index in [0.29, 0.717) is 11.0 Å². The number of piperidine rings is 1. The smallest absolute Gasteiger partial charge is 0.211 e. The summed E-state index contributed by atoms with van der Waals surface area (Å²) in [6.45, 7) is 2.99. The van der Waals surface area contributed by atoms with Gasteiger partial charge in [-0.05, 0) is 73.8 Å². The number of aliphatic hydroxyl groups excluding tert-OH is 1. The van der Waals surface area contributed by atoms with Gasteiger partial charge in [0.05, 0.1) is 6.61 Å². The molecule has 6 nitrogen and oxygen atoms in total. The number of anilines is 2. The molecule has 1 aliphatic heterocycles. The molecule has 3 heterocycles. The van der Waals surface area contributed by atoms with Crippen LogP contribution in [0.5, 0.6) is 0 Å². The second-order valence-electron chi connectivity index (χ2n) is 6.86. The van der Waals surface area contributed by atoms with E-state index in [-0.39, 0.29) is 12.4 Å². The molecule has 0 aliphatic carbocycles. The molecule has 28 heavy (non-hydrogen) atoms. The van der Waals surface area contributed by atoms with Crippen LogP contribution in [0.4, 0.5) is 15.3 Å². The third-order valence-electron chi connectivity index (χ3n) is 5.01. The topological polar surface area (TPSA) is 74.2 Å². The molecule has 1 fully saturated rings. The van der Waals surface area contributed by atoms with E-state index in [2.05, 4.69) is 37.5 Å². The van der Waals surface area contributed by atoms with Gasteiger partial charge < -0.3 is 15.3 Å². The van der Waals surface area contributed by atoms with E-state index in [4.69, 9.17) is 5.11 Å². The molecular weight excluding hydrogens is 377 g/mol. The Morgan fingerprint density at radius 3 is 2.68 bits per heavy atom. The lowest BCUT2D eigenvalue weighted by atomic mass is 9.90. The molecule has 0 bridgehead atoms. The van der Waals surface area contributed by atoms with Crippen molar-refractivity contribution < 1.29 is 9.50 Å². The number of pyridine rings is 1. The largest absolute Gasteiger partial charge is 0.395 e. The summed E-state index contributed by atoms with van der Waals surface area (Å²) in [4.78, 5) is 6.70. The first-order valence-electron chi connectivity index (χ1n) is 9.37. The predicted octanol–water partition coefficient (Wildman–Crippen LogP) is 3.65. The number of halogens is 1. The molecule has 0 amide bonds. The first-order valence-corrected chi connectivity index (χ1v) is 10.2. The van der Waals surface area contributed by atoms with Crippen molar-refractivity contribution >= 4 is 22.3 Å². The van der Waals surface area contributed by atoms with Gasteiger partial charge in [-0.1, -0.05) is 11.3 Å². The van der Waals surface area contributed by atoms with Crippen LogP contribution in [0.25, 0.3) is 10.6 Å². The molecule has 4 rings (SSSR count). The Bertz CT molecular complexity index is 909. The fourth-order valence-electron chi connectivity index (χ4n) is 3.49. The lowest BCUT2D eigenvalue weighted by Gasteiger charge is -2.31. The van der Waals surface area contributed by atoms with Crippen LogP contribution >= 0.6 is 11.3 Å². The number of nitrogens with zero attached hydrogens (tertiary/aromatic N) is 4. The molecule has 0 unspecified atom stereocenters. The van der Waals surface area contributed by atoms with Gasteiger partial charge in [-0.2, -0.15) is 0 Å². The van der Waals surface area contributed by atoms with Crippen molar-refractivity contribution in [3.8, 4) is 10.6 Å². The van der Waals surface area contributed by atoms with Crippen LogP contribution in [0.15, 0.2) is 42.6 Å². The minimum absolute atomic E-state index is 0.218. The molecule has 2 N–H and O–H groups in total. The summed E-state index contributed by atoms with van der Waals surface area (Å²) in [7, 11) is 0. The number of hydrogen-bond donors (Lipinski definition) is 2. The van der Waals surface area contributed by atoms with Crippen molar-refractivity contribution in [1.82, 2.24) is 20.1 Å². The van der Waals surface area contributed by atoms with Crippen molar-refractivity contribution in [1.29, 1.82) is 0 Å². The maximum Gasteiger partial charge on any atom is 0.211 e. The van der Waals surface area contributed by atoms with Gasteiger partial charge in [0, 0.05) is 18.3 Å². The molecule has 0 atom stereocenters. The van der Waals surface area contributed by atoms with Gasteiger partial charge in [0.15, 0.2) is 0 Å². The fourth-order valence-corrected chi connectivity index (χ4v) is 4.25. The van der Waals surface area contributed by atoms with E-state index in [9.17, 15) is 4.39 Å². The Morgan fingerprint density at radius 2 is 1.93 bits per heavy atom. The molecule has 146 valence electrons. The molecule has 0 spiro atoms. The molecule has 0 saturated carbocycles. The Labute approximate surface area is 167 Å². The fraction of sp³-hybridized carbons (Fsp3) is 0.350. The molecular formula is C20H22FN5OS. The van der Waals surface area contributed by atoms with Gasteiger partial charge in [-0.25, -0.2) is 9.37 Å². The summed E-state index contributed by atoms with van der Waals surface area (Å²) in [6.07, 6.45) is 3.98. The zero-order chi connectivity index (χ0) is 19.3. The minimum atomic E-state index is -0.269. The van der Waals surface area contributed by atoms with Crippen molar-refractivity contribution in [2.24, 2.45) is 0 Å². The van der Waals surface area contributed by atoms with Crippen LogP contribution in [0.3, 0.4) is 0 Å². The van der Waals surface area contributed by atoms with E-state index in [1.54, 1.807) is 12.1 Å². The van der Waals surface area contributed by atoms with Gasteiger partial charge in [0.2, 0.25) is 5.13 Å². The van der Waals surface area contributed by atoms with Gasteiger partial charge in [0.25, 0.3) is 0 Å². The summed E-state index contributed by atoms with van der Waals surface area (Å²) in [5, 5.41) is 22.1. The van der Waals surface area contributed by atoms with Crippen LogP contribution in [0, 0.1) is 5.82 Å². The summed E-state index contributed by atoms with van der Waals surface area (Å²) in [6, 6.07) is 10.4. The monoisotopic (exact) mass is 399 g/mol. The molecule has 0 radical (unpaired) electrons. The molecule has 3 aromatic rings. The van der Waals surface area contributed by atoms with Gasteiger partial charge in [0.1, 0.15) is 16.6 Å². The van der Waals surface area contributed by atoms with Crippen LogP contribution in [0.1, 0.15) is 24.3 Å². The second-order valence-corrected chi connectivity index (χ2v) is 7.84. The maximum absolute atomic E-state index is 13.1. The Hall–Kier alpha value is -2.42. The lowest BCUT2D eigenvalue weighted by Crippen LogP contribution is -2.34. The van der Waals surface area contributed by atoms with E-state index >= 15 is 0 Å². The van der Waals surface area contributed by atoms with Gasteiger partial charge in [-0.3, -0.25) is 0 Å².